The van der Waals surface area contributed by atoms with E-state index in [4.69, 9.17) is 4.74 Å². The molecule has 0 unspecified atom stereocenters. The lowest BCUT2D eigenvalue weighted by atomic mass is 10.2. The fourth-order valence-corrected chi connectivity index (χ4v) is 1.45. The van der Waals surface area contributed by atoms with E-state index in [1.165, 1.54) is 12.1 Å². The topological polar surface area (TPSA) is 81.5 Å². The fourth-order valence-electron chi connectivity index (χ4n) is 1.45. The monoisotopic (exact) mass is 266 g/mol. The molecule has 0 bridgehead atoms. The summed E-state index contributed by atoms with van der Waals surface area (Å²) in [4.78, 5) is 21.9. The van der Waals surface area contributed by atoms with Crippen LogP contribution in [0.25, 0.3) is 0 Å². The second-order valence-electron chi connectivity index (χ2n) is 4.39. The van der Waals surface area contributed by atoms with Gasteiger partial charge in [-0.05, 0) is 31.9 Å². The highest BCUT2D eigenvalue weighted by Gasteiger charge is 2.16. The predicted octanol–water partition coefficient (Wildman–Crippen LogP) is 2.20. The maximum atomic E-state index is 11.5. The Hall–Kier alpha value is -2.11. The molecule has 1 amide bonds. The first-order valence-electron chi connectivity index (χ1n) is 6.11. The van der Waals surface area contributed by atoms with Crippen molar-refractivity contribution in [2.75, 3.05) is 6.61 Å². The van der Waals surface area contributed by atoms with E-state index in [0.717, 1.165) is 12.0 Å². The van der Waals surface area contributed by atoms with E-state index in [9.17, 15) is 14.9 Å². The molecule has 0 aliphatic carbocycles. The number of nitro groups is 1. The number of aryl methyl sites for hydroxylation is 1. The lowest BCUT2D eigenvalue weighted by molar-refractivity contribution is -0.385. The van der Waals surface area contributed by atoms with Gasteiger partial charge in [0.2, 0.25) is 0 Å². The van der Waals surface area contributed by atoms with E-state index >= 15 is 0 Å². The maximum Gasteiger partial charge on any atom is 0.311 e. The molecular weight excluding hydrogens is 248 g/mol. The molecule has 0 saturated carbocycles. The summed E-state index contributed by atoms with van der Waals surface area (Å²) in [6.07, 6.45) is 0.816. The van der Waals surface area contributed by atoms with Gasteiger partial charge in [0.15, 0.2) is 12.4 Å². The summed E-state index contributed by atoms with van der Waals surface area (Å²) in [7, 11) is 0. The minimum atomic E-state index is -0.519. The van der Waals surface area contributed by atoms with Crippen molar-refractivity contribution in [3.05, 3.63) is 33.9 Å². The first-order chi connectivity index (χ1) is 8.93. The average molecular weight is 266 g/mol. The highest BCUT2D eigenvalue weighted by atomic mass is 16.6. The third-order valence-electron chi connectivity index (χ3n) is 2.69. The third kappa shape index (κ3) is 4.57. The summed E-state index contributed by atoms with van der Waals surface area (Å²) < 4.78 is 5.21. The SMILES string of the molecule is CC[C@H](C)NC(=O)COc1ccc(C)cc1[N+](=O)[O-]. The van der Waals surface area contributed by atoms with Crippen LogP contribution in [0.4, 0.5) is 5.69 Å². The van der Waals surface area contributed by atoms with Crippen molar-refractivity contribution in [1.29, 1.82) is 0 Å². The Morgan fingerprint density at radius 1 is 1.53 bits per heavy atom. The number of rotatable bonds is 6. The van der Waals surface area contributed by atoms with E-state index < -0.39 is 4.92 Å². The molecule has 0 fully saturated rings. The Bertz CT molecular complexity index is 474. The minimum absolute atomic E-state index is 0.0594. The average Bonchev–Trinajstić information content (AvgIpc) is 2.36. The lowest BCUT2D eigenvalue weighted by Gasteiger charge is -2.12. The van der Waals surface area contributed by atoms with Gasteiger partial charge in [-0.3, -0.25) is 14.9 Å². The van der Waals surface area contributed by atoms with Crippen LogP contribution in [-0.2, 0) is 4.79 Å². The number of carbonyl (C=O) groups is 1. The quantitative estimate of drug-likeness (QED) is 0.632. The van der Waals surface area contributed by atoms with Crippen LogP contribution in [0.3, 0.4) is 0 Å². The number of nitrogens with one attached hydrogen (secondary N) is 1. The second kappa shape index (κ2) is 6.72. The molecule has 1 atom stereocenters. The van der Waals surface area contributed by atoms with E-state index in [-0.39, 0.29) is 30.0 Å². The van der Waals surface area contributed by atoms with E-state index in [2.05, 4.69) is 5.32 Å². The van der Waals surface area contributed by atoms with E-state index in [0.29, 0.717) is 0 Å². The molecule has 6 nitrogen and oxygen atoms in total. The third-order valence-corrected chi connectivity index (χ3v) is 2.69. The van der Waals surface area contributed by atoms with Gasteiger partial charge in [0, 0.05) is 12.1 Å². The number of amides is 1. The number of ether oxygens (including phenoxy) is 1. The molecule has 1 N–H and O–H groups in total. The fraction of sp³-hybridized carbons (Fsp3) is 0.462. The number of hydrogen-bond acceptors (Lipinski definition) is 4. The molecule has 0 spiro atoms. The van der Waals surface area contributed by atoms with Crippen LogP contribution in [0, 0.1) is 17.0 Å². The smallest absolute Gasteiger partial charge is 0.311 e. The Balaban J connectivity index is 2.67. The summed E-state index contributed by atoms with van der Waals surface area (Å²) in [6.45, 7) is 5.36. The highest BCUT2D eigenvalue weighted by Crippen LogP contribution is 2.27. The first-order valence-corrected chi connectivity index (χ1v) is 6.11. The maximum absolute atomic E-state index is 11.5. The molecule has 19 heavy (non-hydrogen) atoms. The molecule has 0 heterocycles. The zero-order valence-corrected chi connectivity index (χ0v) is 11.3. The molecule has 0 radical (unpaired) electrons. The van der Waals surface area contributed by atoms with Crippen LogP contribution >= 0.6 is 0 Å². The molecule has 0 saturated heterocycles. The zero-order chi connectivity index (χ0) is 14.4. The molecule has 104 valence electrons. The van der Waals surface area contributed by atoms with Gasteiger partial charge in [-0.15, -0.1) is 0 Å². The van der Waals surface area contributed by atoms with Gasteiger partial charge in [-0.1, -0.05) is 13.0 Å². The van der Waals surface area contributed by atoms with Crippen LogP contribution in [0.15, 0.2) is 18.2 Å². The standard InChI is InChI=1S/C13H18N2O4/c1-4-10(3)14-13(16)8-19-12-6-5-9(2)7-11(12)15(17)18/h5-7,10H,4,8H2,1-3H3,(H,14,16)/t10-/m0/s1. The summed E-state index contributed by atoms with van der Waals surface area (Å²) in [5.74, 6) is -0.181. The summed E-state index contributed by atoms with van der Waals surface area (Å²) in [5.41, 5.74) is 0.638. The van der Waals surface area contributed by atoms with Gasteiger partial charge in [0.1, 0.15) is 0 Å². The number of nitro benzene ring substituents is 1. The first kappa shape index (κ1) is 14.9. The normalized spacial score (nSPS) is 11.7. The van der Waals surface area contributed by atoms with Crippen molar-refractivity contribution >= 4 is 11.6 Å². The van der Waals surface area contributed by atoms with Crippen LogP contribution < -0.4 is 10.1 Å². The van der Waals surface area contributed by atoms with Crippen LogP contribution in [0.5, 0.6) is 5.75 Å². The zero-order valence-electron chi connectivity index (χ0n) is 11.3. The van der Waals surface area contributed by atoms with Gasteiger partial charge in [-0.25, -0.2) is 0 Å². The highest BCUT2D eigenvalue weighted by molar-refractivity contribution is 5.77. The molecule has 1 aromatic carbocycles. The van der Waals surface area contributed by atoms with Crippen LogP contribution in [-0.4, -0.2) is 23.5 Å². The van der Waals surface area contributed by atoms with Gasteiger partial charge in [0.05, 0.1) is 4.92 Å². The largest absolute Gasteiger partial charge is 0.477 e. The molecule has 0 aliphatic rings. The Kier molecular flexibility index (Phi) is 5.29. The van der Waals surface area contributed by atoms with Crippen LogP contribution in [0.2, 0.25) is 0 Å². The van der Waals surface area contributed by atoms with E-state index in [1.807, 2.05) is 13.8 Å². The molecular formula is C13H18N2O4. The van der Waals surface area contributed by atoms with Gasteiger partial charge in [-0.2, -0.15) is 0 Å². The molecule has 0 aliphatic heterocycles. The van der Waals surface area contributed by atoms with Crippen molar-refractivity contribution in [3.63, 3.8) is 0 Å². The van der Waals surface area contributed by atoms with Crippen molar-refractivity contribution in [1.82, 2.24) is 5.32 Å². The number of nitrogens with zero attached hydrogens (tertiary/aromatic N) is 1. The molecule has 1 rings (SSSR count). The predicted molar refractivity (Wildman–Crippen MR) is 71.2 cm³/mol. The number of hydrogen-bond donors (Lipinski definition) is 1. The Labute approximate surface area is 111 Å². The van der Waals surface area contributed by atoms with Gasteiger partial charge in [0.25, 0.3) is 5.91 Å². The Morgan fingerprint density at radius 2 is 2.21 bits per heavy atom. The summed E-state index contributed by atoms with van der Waals surface area (Å²) >= 11 is 0. The second-order valence-corrected chi connectivity index (χ2v) is 4.39. The number of benzene rings is 1. The van der Waals surface area contributed by atoms with Crippen molar-refractivity contribution in [2.45, 2.75) is 33.2 Å². The minimum Gasteiger partial charge on any atom is -0.477 e. The lowest BCUT2D eigenvalue weighted by Crippen LogP contribution is -2.35. The van der Waals surface area contributed by atoms with E-state index in [1.54, 1.807) is 13.0 Å². The molecule has 1 aromatic rings. The van der Waals surface area contributed by atoms with Crippen LogP contribution in [0.1, 0.15) is 25.8 Å². The molecule has 0 aromatic heterocycles. The van der Waals surface area contributed by atoms with Crippen molar-refractivity contribution in [2.24, 2.45) is 0 Å². The van der Waals surface area contributed by atoms with Gasteiger partial charge >= 0.3 is 5.69 Å². The summed E-state index contributed by atoms with van der Waals surface area (Å²) in [5, 5.41) is 13.6. The van der Waals surface area contributed by atoms with Crippen molar-refractivity contribution in [3.8, 4) is 5.75 Å². The Morgan fingerprint density at radius 3 is 2.79 bits per heavy atom. The number of carbonyl (C=O) groups excluding carboxylic acids is 1. The molecule has 6 heteroatoms. The summed E-state index contributed by atoms with van der Waals surface area (Å²) in [6, 6.07) is 4.69. The van der Waals surface area contributed by atoms with Gasteiger partial charge < -0.3 is 10.1 Å². The van der Waals surface area contributed by atoms with Crippen molar-refractivity contribution < 1.29 is 14.5 Å².